The molecular formula is C79H140O16P2. The first-order valence-electron chi connectivity index (χ1n) is 38.5. The van der Waals surface area contributed by atoms with Gasteiger partial charge in [-0.15, -0.1) is 0 Å². The number of hydrogen-bond acceptors (Lipinski definition) is 14. The fraction of sp³-hybridized carbons (Fsp3) is 0.759. The van der Waals surface area contributed by atoms with Gasteiger partial charge < -0.3 is 34.2 Å². The standard InChI is InChI=1S/C79H140O16P2/c1-4-7-10-13-16-19-22-25-27-28-29-30-31-32-33-34-35-36-37-38-39-40-41-42-43-44-46-49-50-53-56-59-62-65-77(82)89-68-74(80)69-91-96(85,86)92-70-75(81)71-93-97(87,88)94-73-76(95-79(84)67-64-61-58-55-52-47-24-21-18-15-12-9-6-3)72-90-78(83)66-63-60-57-54-51-48-45-26-23-20-17-14-11-8-5-2/h7-8,10-11,16-17,19-20,25-27,29-30,32-33,45,74-76,80-81H,4-6,9,12-15,18,21-24,28,31,34-44,46-73H2,1-3H3,(H,85,86)(H,87,88)/b10-7-,11-8-,19-16-,20-17-,27-25-,30-29-,33-32-,45-26-. The molecule has 4 N–H and O–H groups in total. The molecule has 0 rings (SSSR count). The van der Waals surface area contributed by atoms with Gasteiger partial charge in [-0.25, -0.2) is 9.13 Å². The number of carbonyl (C=O) groups is 3. The highest BCUT2D eigenvalue weighted by Gasteiger charge is 2.29. The summed E-state index contributed by atoms with van der Waals surface area (Å²) in [6, 6.07) is 0. The topological polar surface area (TPSA) is 231 Å². The second-order valence-corrected chi connectivity index (χ2v) is 28.7. The Labute approximate surface area is 590 Å². The van der Waals surface area contributed by atoms with E-state index in [0.717, 1.165) is 128 Å². The van der Waals surface area contributed by atoms with Crippen LogP contribution >= 0.6 is 15.6 Å². The molecule has 18 heteroatoms. The van der Waals surface area contributed by atoms with Crippen LogP contribution in [0.15, 0.2) is 97.2 Å². The lowest BCUT2D eigenvalue weighted by Crippen LogP contribution is -2.30. The van der Waals surface area contributed by atoms with Gasteiger partial charge in [-0.3, -0.25) is 32.5 Å². The largest absolute Gasteiger partial charge is 0.472 e. The second kappa shape index (κ2) is 72.3. The van der Waals surface area contributed by atoms with Crippen molar-refractivity contribution < 1.29 is 75.8 Å². The SMILES string of the molecule is CC/C=C\C/C=C\C/C=C\C/C=C\C/C=C\CCCCCCCCCCCCCCCCCCCC(=O)OCC(O)COP(=O)(O)OCC(O)COP(=O)(O)OCC(COC(=O)CCCCCCC/C=C\C/C=C\C/C=C\CC)OC(=O)CCCCCCCCCCCCCCC. The van der Waals surface area contributed by atoms with Crippen LogP contribution in [-0.4, -0.2) is 95.9 Å². The molecule has 0 aliphatic heterocycles. The molecule has 0 amide bonds. The zero-order valence-electron chi connectivity index (χ0n) is 61.2. The van der Waals surface area contributed by atoms with Crippen LogP contribution in [0.25, 0.3) is 0 Å². The highest BCUT2D eigenvalue weighted by atomic mass is 31.2. The van der Waals surface area contributed by atoms with E-state index in [1.165, 1.54) is 141 Å². The second-order valence-electron chi connectivity index (χ2n) is 25.8. The molecule has 0 fully saturated rings. The Hall–Kier alpha value is -3.53. The van der Waals surface area contributed by atoms with Crippen LogP contribution in [0.1, 0.15) is 329 Å². The molecule has 16 nitrogen and oxygen atoms in total. The van der Waals surface area contributed by atoms with Gasteiger partial charge in [0.25, 0.3) is 0 Å². The molecule has 562 valence electrons. The summed E-state index contributed by atoms with van der Waals surface area (Å²) in [7, 11) is -9.77. The predicted octanol–water partition coefficient (Wildman–Crippen LogP) is 22.2. The van der Waals surface area contributed by atoms with Crippen molar-refractivity contribution >= 4 is 33.6 Å². The van der Waals surface area contributed by atoms with Crippen LogP contribution in [0.2, 0.25) is 0 Å². The van der Waals surface area contributed by atoms with E-state index in [9.17, 15) is 43.5 Å². The van der Waals surface area contributed by atoms with Gasteiger partial charge in [-0.1, -0.05) is 311 Å². The van der Waals surface area contributed by atoms with Crippen molar-refractivity contribution in [3.05, 3.63) is 97.2 Å². The van der Waals surface area contributed by atoms with E-state index in [0.29, 0.717) is 19.3 Å². The average molecular weight is 1410 g/mol. The van der Waals surface area contributed by atoms with Gasteiger partial charge in [0.15, 0.2) is 6.10 Å². The quantitative estimate of drug-likeness (QED) is 0.0146. The maximum absolute atomic E-state index is 12.9. The van der Waals surface area contributed by atoms with Gasteiger partial charge in [0.2, 0.25) is 0 Å². The maximum Gasteiger partial charge on any atom is 0.472 e. The van der Waals surface area contributed by atoms with Crippen LogP contribution in [0, 0.1) is 0 Å². The minimum Gasteiger partial charge on any atom is -0.463 e. The van der Waals surface area contributed by atoms with Crippen LogP contribution in [0.4, 0.5) is 0 Å². The summed E-state index contributed by atoms with van der Waals surface area (Å²) in [6.07, 6.45) is 82.0. The fourth-order valence-electron chi connectivity index (χ4n) is 10.5. The zero-order valence-corrected chi connectivity index (χ0v) is 63.0. The first-order valence-corrected chi connectivity index (χ1v) is 41.5. The van der Waals surface area contributed by atoms with E-state index in [2.05, 4.69) is 118 Å². The number of esters is 3. The number of hydrogen-bond donors (Lipinski definition) is 4. The highest BCUT2D eigenvalue weighted by molar-refractivity contribution is 7.47. The summed E-state index contributed by atoms with van der Waals surface area (Å²) in [6.45, 7) is 2.46. The Kier molecular flexibility index (Phi) is 69.6. The Bertz CT molecular complexity index is 2150. The molecule has 0 radical (unpaired) electrons. The number of phosphoric ester groups is 2. The van der Waals surface area contributed by atoms with E-state index < -0.39 is 91.5 Å². The van der Waals surface area contributed by atoms with Crippen LogP contribution in [0.3, 0.4) is 0 Å². The molecule has 0 saturated heterocycles. The summed E-state index contributed by atoms with van der Waals surface area (Å²) < 4.78 is 61.0. The molecule has 5 unspecified atom stereocenters. The first kappa shape index (κ1) is 93.5. The summed E-state index contributed by atoms with van der Waals surface area (Å²) in [5, 5.41) is 20.6. The van der Waals surface area contributed by atoms with Crippen LogP contribution in [0.5, 0.6) is 0 Å². The molecule has 0 aliphatic rings. The number of phosphoric acid groups is 2. The number of unbranched alkanes of at least 4 members (excludes halogenated alkanes) is 34. The Morgan fingerprint density at radius 1 is 0.299 bits per heavy atom. The third-order valence-corrected chi connectivity index (χ3v) is 18.2. The lowest BCUT2D eigenvalue weighted by atomic mass is 10.0. The number of allylic oxidation sites excluding steroid dienone is 16. The first-order chi connectivity index (χ1) is 47.2. The molecule has 0 aromatic carbocycles. The Morgan fingerprint density at radius 3 is 0.866 bits per heavy atom. The van der Waals surface area contributed by atoms with Crippen LogP contribution < -0.4 is 0 Å². The minimum absolute atomic E-state index is 0.105. The summed E-state index contributed by atoms with van der Waals surface area (Å²) in [5.41, 5.74) is 0. The van der Waals surface area contributed by atoms with Crippen molar-refractivity contribution in [3.8, 4) is 0 Å². The minimum atomic E-state index is -4.92. The number of ether oxygens (including phenoxy) is 3. The molecule has 0 aliphatic carbocycles. The highest BCUT2D eigenvalue weighted by Crippen LogP contribution is 2.45. The number of aliphatic hydroxyl groups is 2. The maximum atomic E-state index is 12.9. The van der Waals surface area contributed by atoms with Gasteiger partial charge in [-0.05, 0) is 96.3 Å². The normalized spacial score (nSPS) is 14.6. The van der Waals surface area contributed by atoms with Gasteiger partial charge in [0.05, 0.1) is 26.4 Å². The zero-order chi connectivity index (χ0) is 70.9. The van der Waals surface area contributed by atoms with Gasteiger partial charge >= 0.3 is 33.6 Å². The molecular weight excluding hydrogens is 1270 g/mol. The number of aliphatic hydroxyl groups excluding tert-OH is 2. The van der Waals surface area contributed by atoms with Gasteiger partial charge in [0, 0.05) is 19.3 Å². The van der Waals surface area contributed by atoms with Crippen molar-refractivity contribution in [3.63, 3.8) is 0 Å². The molecule has 0 heterocycles. The van der Waals surface area contributed by atoms with Crippen molar-refractivity contribution in [2.24, 2.45) is 0 Å². The third kappa shape index (κ3) is 73.5. The van der Waals surface area contributed by atoms with Crippen molar-refractivity contribution in [1.82, 2.24) is 0 Å². The molecule has 97 heavy (non-hydrogen) atoms. The van der Waals surface area contributed by atoms with Gasteiger partial charge in [0.1, 0.15) is 25.4 Å². The molecule has 5 atom stereocenters. The average Bonchev–Trinajstić information content (AvgIpc) is 1.49. The van der Waals surface area contributed by atoms with E-state index in [-0.39, 0.29) is 19.3 Å². The van der Waals surface area contributed by atoms with E-state index in [1.54, 1.807) is 0 Å². The van der Waals surface area contributed by atoms with E-state index in [4.69, 9.17) is 32.3 Å². The van der Waals surface area contributed by atoms with Crippen molar-refractivity contribution in [2.45, 2.75) is 347 Å². The summed E-state index contributed by atoms with van der Waals surface area (Å²) in [5.74, 6) is -1.58. The molecule has 0 bridgehead atoms. The molecule has 0 aromatic heterocycles. The fourth-order valence-corrected chi connectivity index (χ4v) is 12.1. The van der Waals surface area contributed by atoms with Crippen molar-refractivity contribution in [2.75, 3.05) is 39.6 Å². The summed E-state index contributed by atoms with van der Waals surface area (Å²) in [4.78, 5) is 58.5. The lowest BCUT2D eigenvalue weighted by molar-refractivity contribution is -0.161. The molecule has 0 aromatic rings. The monoisotopic (exact) mass is 1410 g/mol. The van der Waals surface area contributed by atoms with Crippen molar-refractivity contribution in [1.29, 1.82) is 0 Å². The smallest absolute Gasteiger partial charge is 0.463 e. The lowest BCUT2D eigenvalue weighted by Gasteiger charge is -2.21. The number of rotatable bonds is 73. The Balaban J connectivity index is 4.35. The third-order valence-electron chi connectivity index (χ3n) is 16.3. The van der Waals surface area contributed by atoms with Crippen LogP contribution in [-0.2, 0) is 55.8 Å². The number of carbonyl (C=O) groups excluding carboxylic acids is 3. The van der Waals surface area contributed by atoms with E-state index >= 15 is 0 Å². The van der Waals surface area contributed by atoms with E-state index in [1.807, 2.05) is 0 Å². The summed E-state index contributed by atoms with van der Waals surface area (Å²) >= 11 is 0. The Morgan fingerprint density at radius 2 is 0.546 bits per heavy atom. The molecule has 0 spiro atoms. The molecule has 0 saturated carbocycles. The predicted molar refractivity (Wildman–Crippen MR) is 399 cm³/mol. The van der Waals surface area contributed by atoms with Gasteiger partial charge in [-0.2, -0.15) is 0 Å².